The highest BCUT2D eigenvalue weighted by Crippen LogP contribution is 2.45. The Morgan fingerprint density at radius 1 is 1.09 bits per heavy atom. The monoisotopic (exact) mass is 341 g/mol. The van der Waals surface area contributed by atoms with Gasteiger partial charge in [-0.2, -0.15) is 0 Å². The quantitative estimate of drug-likeness (QED) is 0.793. The Hall–Kier alpha value is -0.280. The molecule has 2 unspecified atom stereocenters. The summed E-state index contributed by atoms with van der Waals surface area (Å²) in [7, 11) is 0. The summed E-state index contributed by atoms with van der Waals surface area (Å²) in [4.78, 5) is 2.50. The Bertz CT molecular complexity index is 516. The van der Waals surface area contributed by atoms with E-state index < -0.39 is 5.60 Å². The lowest BCUT2D eigenvalue weighted by molar-refractivity contribution is -0.0409. The van der Waals surface area contributed by atoms with Crippen LogP contribution in [-0.4, -0.2) is 29.6 Å². The van der Waals surface area contributed by atoms with Crippen LogP contribution in [0.1, 0.15) is 50.5 Å². The molecule has 1 aromatic rings. The highest BCUT2D eigenvalue weighted by atomic mass is 35.5. The maximum Gasteiger partial charge on any atom is 0.0951 e. The van der Waals surface area contributed by atoms with Crippen molar-refractivity contribution in [3.05, 3.63) is 33.8 Å². The Morgan fingerprint density at radius 3 is 2.64 bits per heavy atom. The van der Waals surface area contributed by atoms with Crippen molar-refractivity contribution in [3.8, 4) is 0 Å². The molecule has 1 aliphatic heterocycles. The minimum Gasteiger partial charge on any atom is -0.385 e. The molecule has 1 N–H and O–H groups in total. The Balaban J connectivity index is 1.91. The molecule has 1 aliphatic carbocycles. The lowest BCUT2D eigenvalue weighted by atomic mass is 9.77. The molecular weight excluding hydrogens is 317 g/mol. The summed E-state index contributed by atoms with van der Waals surface area (Å²) in [6, 6.07) is 5.65. The smallest absolute Gasteiger partial charge is 0.0951 e. The zero-order chi connectivity index (χ0) is 15.6. The number of hydrogen-bond acceptors (Lipinski definition) is 2. The van der Waals surface area contributed by atoms with Gasteiger partial charge in [-0.15, -0.1) is 0 Å². The average Bonchev–Trinajstić information content (AvgIpc) is 2.94. The van der Waals surface area contributed by atoms with E-state index >= 15 is 0 Å². The molecule has 0 bridgehead atoms. The van der Waals surface area contributed by atoms with E-state index in [2.05, 4.69) is 4.90 Å². The second-order valence-corrected chi connectivity index (χ2v) is 7.61. The van der Waals surface area contributed by atoms with Gasteiger partial charge in [0.25, 0.3) is 0 Å². The van der Waals surface area contributed by atoms with Crippen LogP contribution in [0.5, 0.6) is 0 Å². The lowest BCUT2D eigenvalue weighted by Gasteiger charge is -2.38. The number of hydrogen-bond donors (Lipinski definition) is 1. The maximum absolute atomic E-state index is 11.6. The molecule has 2 nitrogen and oxygen atoms in total. The summed E-state index contributed by atoms with van der Waals surface area (Å²) in [5.74, 6) is 0.240. The number of rotatable bonds is 3. The summed E-state index contributed by atoms with van der Waals surface area (Å²) in [5.41, 5.74) is -0.0195. The van der Waals surface area contributed by atoms with Crippen molar-refractivity contribution in [3.63, 3.8) is 0 Å². The molecule has 3 rings (SSSR count). The van der Waals surface area contributed by atoms with Crippen molar-refractivity contribution in [2.24, 2.45) is 5.92 Å². The third-order valence-electron chi connectivity index (χ3n) is 5.38. The molecule has 4 heteroatoms. The molecule has 122 valence electrons. The van der Waals surface area contributed by atoms with Gasteiger partial charge in [-0.05, 0) is 44.8 Å². The van der Waals surface area contributed by atoms with Crippen LogP contribution in [0.4, 0.5) is 0 Å². The molecule has 1 saturated heterocycles. The first-order valence-corrected chi connectivity index (χ1v) is 9.26. The molecule has 2 fully saturated rings. The van der Waals surface area contributed by atoms with E-state index in [0.29, 0.717) is 10.0 Å². The highest BCUT2D eigenvalue weighted by Gasteiger charge is 2.41. The highest BCUT2D eigenvalue weighted by molar-refractivity contribution is 6.42. The van der Waals surface area contributed by atoms with Crippen LogP contribution in [-0.2, 0) is 5.60 Å². The van der Waals surface area contributed by atoms with Crippen molar-refractivity contribution < 1.29 is 5.11 Å². The van der Waals surface area contributed by atoms with Gasteiger partial charge < -0.3 is 10.0 Å². The van der Waals surface area contributed by atoms with E-state index in [1.54, 1.807) is 6.07 Å². The zero-order valence-corrected chi connectivity index (χ0v) is 14.5. The summed E-state index contributed by atoms with van der Waals surface area (Å²) in [6.07, 6.45) is 7.85. The molecule has 0 spiro atoms. The minimum absolute atomic E-state index is 0.240. The molecule has 22 heavy (non-hydrogen) atoms. The summed E-state index contributed by atoms with van der Waals surface area (Å²) < 4.78 is 0. The van der Waals surface area contributed by atoms with Crippen molar-refractivity contribution in [1.82, 2.24) is 4.90 Å². The van der Waals surface area contributed by atoms with Gasteiger partial charge in [0.15, 0.2) is 0 Å². The van der Waals surface area contributed by atoms with E-state index in [1.165, 1.54) is 25.7 Å². The van der Waals surface area contributed by atoms with Crippen molar-refractivity contribution in [1.29, 1.82) is 0 Å². The SMILES string of the molecule is OC1(c2cccc(Cl)c2Cl)CCCCCC1CN1CCCC1. The summed E-state index contributed by atoms with van der Waals surface area (Å²) in [6.45, 7) is 3.30. The molecule has 2 atom stereocenters. The van der Waals surface area contributed by atoms with Crippen LogP contribution in [0.2, 0.25) is 10.0 Å². The third kappa shape index (κ3) is 3.31. The van der Waals surface area contributed by atoms with Crippen molar-refractivity contribution in [2.75, 3.05) is 19.6 Å². The summed E-state index contributed by atoms with van der Waals surface area (Å²) >= 11 is 12.6. The zero-order valence-electron chi connectivity index (χ0n) is 13.0. The van der Waals surface area contributed by atoms with Gasteiger partial charge >= 0.3 is 0 Å². The summed E-state index contributed by atoms with van der Waals surface area (Å²) in [5, 5.41) is 12.6. The number of nitrogens with zero attached hydrogens (tertiary/aromatic N) is 1. The molecule has 1 saturated carbocycles. The fourth-order valence-corrected chi connectivity index (χ4v) is 4.58. The van der Waals surface area contributed by atoms with Gasteiger partial charge in [0.2, 0.25) is 0 Å². The van der Waals surface area contributed by atoms with Gasteiger partial charge in [0, 0.05) is 18.0 Å². The van der Waals surface area contributed by atoms with Gasteiger partial charge in [0.05, 0.1) is 15.6 Å². The fourth-order valence-electron chi connectivity index (χ4n) is 4.12. The van der Waals surface area contributed by atoms with Crippen molar-refractivity contribution in [2.45, 2.75) is 50.5 Å². The van der Waals surface area contributed by atoms with E-state index in [4.69, 9.17) is 23.2 Å². The predicted octanol–water partition coefficient (Wildman–Crippen LogP) is 4.86. The first-order chi connectivity index (χ1) is 10.6. The topological polar surface area (TPSA) is 23.5 Å². The Kier molecular flexibility index (Phi) is 5.34. The molecule has 1 heterocycles. The van der Waals surface area contributed by atoms with E-state index in [0.717, 1.165) is 44.5 Å². The van der Waals surface area contributed by atoms with Crippen LogP contribution < -0.4 is 0 Å². The Morgan fingerprint density at radius 2 is 1.86 bits per heavy atom. The third-order valence-corrected chi connectivity index (χ3v) is 6.20. The van der Waals surface area contributed by atoms with Crippen LogP contribution in [0.15, 0.2) is 18.2 Å². The number of halogens is 2. The fraction of sp³-hybridized carbons (Fsp3) is 0.667. The second kappa shape index (κ2) is 7.09. The number of likely N-dealkylation sites (tertiary alicyclic amines) is 1. The molecule has 0 amide bonds. The minimum atomic E-state index is -0.846. The maximum atomic E-state index is 11.6. The van der Waals surface area contributed by atoms with E-state index in [9.17, 15) is 5.11 Å². The molecular formula is C18H25Cl2NO. The van der Waals surface area contributed by atoms with E-state index in [-0.39, 0.29) is 5.92 Å². The molecule has 2 aliphatic rings. The molecule has 1 aromatic carbocycles. The lowest BCUT2D eigenvalue weighted by Crippen LogP contribution is -2.41. The van der Waals surface area contributed by atoms with E-state index in [1.807, 2.05) is 12.1 Å². The Labute approximate surface area is 143 Å². The second-order valence-electron chi connectivity index (χ2n) is 6.83. The molecule has 0 radical (unpaired) electrons. The largest absolute Gasteiger partial charge is 0.385 e. The molecule has 0 aromatic heterocycles. The number of aliphatic hydroxyl groups is 1. The predicted molar refractivity (Wildman–Crippen MR) is 92.6 cm³/mol. The average molecular weight is 342 g/mol. The normalized spacial score (nSPS) is 30.4. The van der Waals surface area contributed by atoms with Gasteiger partial charge in [-0.25, -0.2) is 0 Å². The van der Waals surface area contributed by atoms with Crippen LogP contribution in [0.3, 0.4) is 0 Å². The van der Waals surface area contributed by atoms with Crippen molar-refractivity contribution >= 4 is 23.2 Å². The first-order valence-electron chi connectivity index (χ1n) is 8.50. The van der Waals surface area contributed by atoms with Gasteiger partial charge in [0.1, 0.15) is 0 Å². The van der Waals surface area contributed by atoms with Crippen LogP contribution in [0, 0.1) is 5.92 Å². The van der Waals surface area contributed by atoms with Gasteiger partial charge in [-0.1, -0.05) is 54.6 Å². The first kappa shape index (κ1) is 16.6. The van der Waals surface area contributed by atoms with Crippen LogP contribution in [0.25, 0.3) is 0 Å². The number of benzene rings is 1. The standard InChI is InChI=1S/C18H25Cl2NO/c19-16-9-6-8-15(17(16)20)18(22)10-3-1-2-7-14(18)13-21-11-4-5-12-21/h6,8-9,14,22H,1-5,7,10-13H2. The van der Waals surface area contributed by atoms with Crippen LogP contribution >= 0.6 is 23.2 Å². The van der Waals surface area contributed by atoms with Gasteiger partial charge in [-0.3, -0.25) is 0 Å².